The zero-order valence-electron chi connectivity index (χ0n) is 15.1. The van der Waals surface area contributed by atoms with Crippen molar-refractivity contribution in [1.82, 2.24) is 9.80 Å². The van der Waals surface area contributed by atoms with Gasteiger partial charge in [-0.25, -0.2) is 0 Å². The van der Waals surface area contributed by atoms with Crippen molar-refractivity contribution in [2.75, 3.05) is 39.4 Å². The molecule has 2 saturated heterocycles. The van der Waals surface area contributed by atoms with Crippen LogP contribution in [-0.4, -0.2) is 88.6 Å². The molecule has 0 saturated carbocycles. The molecule has 2 aliphatic heterocycles. The Balaban J connectivity index is 1.83. The molecule has 2 heterocycles. The van der Waals surface area contributed by atoms with Crippen molar-refractivity contribution in [2.45, 2.75) is 32.3 Å². The normalized spacial score (nSPS) is 23.7. The molecule has 2 unspecified atom stereocenters. The molecule has 0 aliphatic carbocycles. The van der Waals surface area contributed by atoms with E-state index in [9.17, 15) is 24.3 Å². The van der Waals surface area contributed by atoms with Crippen LogP contribution in [0.15, 0.2) is 0 Å². The molecule has 0 spiro atoms. The number of rotatable bonds is 8. The summed E-state index contributed by atoms with van der Waals surface area (Å²) in [5.74, 6) is -2.35. The largest absolute Gasteiger partial charge is 0.463 e. The summed E-state index contributed by atoms with van der Waals surface area (Å²) < 4.78 is 4.85. The van der Waals surface area contributed by atoms with Gasteiger partial charge in [0.1, 0.15) is 12.2 Å². The lowest BCUT2D eigenvalue weighted by atomic mass is 9.91. The van der Waals surface area contributed by atoms with E-state index in [4.69, 9.17) is 9.84 Å². The fraction of sp³-hybridized carbons (Fsp3) is 0.765. The van der Waals surface area contributed by atoms with Gasteiger partial charge in [0.05, 0.1) is 12.5 Å². The maximum Gasteiger partial charge on any atom is 0.311 e. The van der Waals surface area contributed by atoms with Crippen LogP contribution in [0.3, 0.4) is 0 Å². The number of nitrogens with zero attached hydrogens (tertiary/aromatic N) is 2. The molecule has 146 valence electrons. The van der Waals surface area contributed by atoms with Crippen LogP contribution >= 0.6 is 0 Å². The van der Waals surface area contributed by atoms with Crippen LogP contribution in [0.4, 0.5) is 0 Å². The summed E-state index contributed by atoms with van der Waals surface area (Å²) in [6, 6.07) is 0. The minimum Gasteiger partial charge on any atom is -0.463 e. The summed E-state index contributed by atoms with van der Waals surface area (Å²) in [6.07, 6.45) is 0.116. The first-order valence-corrected chi connectivity index (χ1v) is 8.73. The molecule has 2 N–H and O–H groups in total. The lowest BCUT2D eigenvalue weighted by molar-refractivity contribution is -0.149. The highest BCUT2D eigenvalue weighted by atomic mass is 16.5. The molecule has 2 fully saturated rings. The van der Waals surface area contributed by atoms with E-state index in [1.165, 1.54) is 23.6 Å². The van der Waals surface area contributed by atoms with Gasteiger partial charge < -0.3 is 24.7 Å². The maximum atomic E-state index is 12.1. The summed E-state index contributed by atoms with van der Waals surface area (Å²) in [6.45, 7) is 3.45. The van der Waals surface area contributed by atoms with Crippen molar-refractivity contribution in [2.24, 2.45) is 11.8 Å². The number of hydrogen-bond donors (Lipinski definition) is 2. The fourth-order valence-electron chi connectivity index (χ4n) is 3.32. The highest BCUT2D eigenvalue weighted by Crippen LogP contribution is 2.24. The summed E-state index contributed by atoms with van der Waals surface area (Å²) in [5, 5.41) is 18.5. The van der Waals surface area contributed by atoms with Crippen LogP contribution in [-0.2, 0) is 23.9 Å². The molecular formula is C17H26N2O7. The van der Waals surface area contributed by atoms with E-state index in [2.05, 4.69) is 0 Å². The average molecular weight is 370 g/mol. The number of likely N-dealkylation sites (tertiary alicyclic amines) is 2. The fourth-order valence-corrected chi connectivity index (χ4v) is 3.32. The van der Waals surface area contributed by atoms with E-state index in [0.717, 1.165) is 0 Å². The summed E-state index contributed by atoms with van der Waals surface area (Å²) in [4.78, 5) is 51.0. The Morgan fingerprint density at radius 1 is 1.08 bits per heavy atom. The first-order chi connectivity index (χ1) is 12.1. The number of aliphatic hydroxyl groups excluding tert-OH is 1. The monoisotopic (exact) mass is 370 g/mol. The van der Waals surface area contributed by atoms with Crippen LogP contribution in [0.2, 0.25) is 0 Å². The summed E-state index contributed by atoms with van der Waals surface area (Å²) >= 11 is 0. The highest BCUT2D eigenvalue weighted by Gasteiger charge is 2.40. The predicted octanol–water partition coefficient (Wildman–Crippen LogP) is -1.44. The second kappa shape index (κ2) is 8.13. The first kappa shape index (κ1) is 20.3. The van der Waals surface area contributed by atoms with Crippen molar-refractivity contribution < 1.29 is 34.1 Å². The molecule has 0 bridgehead atoms. The topological polar surface area (TPSA) is 124 Å². The highest BCUT2D eigenvalue weighted by molar-refractivity contribution is 5.94. The van der Waals surface area contributed by atoms with Crippen LogP contribution in [0.5, 0.6) is 0 Å². The van der Waals surface area contributed by atoms with Gasteiger partial charge in [0.15, 0.2) is 5.78 Å². The molecule has 0 aromatic rings. The molecule has 2 amide bonds. The Labute approximate surface area is 151 Å². The number of carbonyl (C=O) groups is 4. The van der Waals surface area contributed by atoms with Gasteiger partial charge >= 0.3 is 5.97 Å². The smallest absolute Gasteiger partial charge is 0.311 e. The first-order valence-electron chi connectivity index (χ1n) is 8.73. The third kappa shape index (κ3) is 4.79. The van der Waals surface area contributed by atoms with Crippen molar-refractivity contribution in [3.8, 4) is 0 Å². The molecule has 9 nitrogen and oxygen atoms in total. The van der Waals surface area contributed by atoms with Crippen LogP contribution < -0.4 is 0 Å². The Hall–Kier alpha value is -2.00. The lowest BCUT2D eigenvalue weighted by Gasteiger charge is -2.23. The Kier molecular flexibility index (Phi) is 6.35. The van der Waals surface area contributed by atoms with E-state index in [0.29, 0.717) is 0 Å². The minimum absolute atomic E-state index is 0.0536. The third-order valence-corrected chi connectivity index (χ3v) is 4.71. The molecule has 0 aromatic carbocycles. The molecule has 2 aliphatic rings. The third-order valence-electron chi connectivity index (χ3n) is 4.71. The number of esters is 1. The molecule has 2 atom stereocenters. The zero-order valence-corrected chi connectivity index (χ0v) is 15.1. The van der Waals surface area contributed by atoms with E-state index in [1.54, 1.807) is 0 Å². The SMILES string of the molecule is CC(C)(O)C(=O)C1CC(=O)N(CCN2CC(C(=O)OCCO)CC2=O)C1. The Bertz CT molecular complexity index is 584. The van der Waals surface area contributed by atoms with Gasteiger partial charge in [-0.15, -0.1) is 0 Å². The number of Topliss-reactive ketones (excluding diaryl/α,β-unsaturated/α-hetero) is 1. The van der Waals surface area contributed by atoms with Crippen molar-refractivity contribution >= 4 is 23.6 Å². The minimum atomic E-state index is -1.48. The van der Waals surface area contributed by atoms with E-state index >= 15 is 0 Å². The van der Waals surface area contributed by atoms with Gasteiger partial charge in [-0.2, -0.15) is 0 Å². The number of hydrogen-bond acceptors (Lipinski definition) is 7. The maximum absolute atomic E-state index is 12.1. The molecule has 0 aromatic heterocycles. The summed E-state index contributed by atoms with van der Waals surface area (Å²) in [5.41, 5.74) is -1.48. The standard InChI is InChI=1S/C17H26N2O7/c1-17(2,25)15(23)11-7-13(21)18(9-11)3-4-19-10-12(8-14(19)22)16(24)26-6-5-20/h11-12,20,25H,3-10H2,1-2H3. The molecule has 26 heavy (non-hydrogen) atoms. The van der Waals surface area contributed by atoms with Gasteiger partial charge in [0.25, 0.3) is 0 Å². The number of aliphatic hydroxyl groups is 2. The zero-order chi connectivity index (χ0) is 19.5. The average Bonchev–Trinajstić information content (AvgIpc) is 3.12. The number of carbonyl (C=O) groups excluding carboxylic acids is 4. The van der Waals surface area contributed by atoms with E-state index in [1.807, 2.05) is 0 Å². The molecular weight excluding hydrogens is 344 g/mol. The number of ketones is 1. The van der Waals surface area contributed by atoms with Crippen molar-refractivity contribution in [3.63, 3.8) is 0 Å². The van der Waals surface area contributed by atoms with Crippen LogP contribution in [0.25, 0.3) is 0 Å². The van der Waals surface area contributed by atoms with Gasteiger partial charge in [-0.05, 0) is 13.8 Å². The Morgan fingerprint density at radius 3 is 2.08 bits per heavy atom. The van der Waals surface area contributed by atoms with Gasteiger partial charge in [0.2, 0.25) is 11.8 Å². The predicted molar refractivity (Wildman–Crippen MR) is 88.7 cm³/mol. The van der Waals surface area contributed by atoms with E-state index in [-0.39, 0.29) is 69.8 Å². The number of ether oxygens (including phenoxy) is 1. The van der Waals surface area contributed by atoms with Crippen LogP contribution in [0.1, 0.15) is 26.7 Å². The van der Waals surface area contributed by atoms with Crippen molar-refractivity contribution in [1.29, 1.82) is 0 Å². The molecule has 2 rings (SSSR count). The second-order valence-corrected chi connectivity index (χ2v) is 7.30. The number of amides is 2. The molecule has 0 radical (unpaired) electrons. The van der Waals surface area contributed by atoms with Crippen LogP contribution in [0, 0.1) is 11.8 Å². The van der Waals surface area contributed by atoms with Crippen molar-refractivity contribution in [3.05, 3.63) is 0 Å². The van der Waals surface area contributed by atoms with Gasteiger partial charge in [-0.3, -0.25) is 19.2 Å². The van der Waals surface area contributed by atoms with E-state index < -0.39 is 23.4 Å². The Morgan fingerprint density at radius 2 is 1.58 bits per heavy atom. The molecule has 9 heteroatoms. The quantitative estimate of drug-likeness (QED) is 0.501. The summed E-state index contributed by atoms with van der Waals surface area (Å²) in [7, 11) is 0. The van der Waals surface area contributed by atoms with Gasteiger partial charge in [0, 0.05) is 44.9 Å². The second-order valence-electron chi connectivity index (χ2n) is 7.30. The van der Waals surface area contributed by atoms with Gasteiger partial charge in [-0.1, -0.05) is 0 Å². The lowest BCUT2D eigenvalue weighted by Crippen LogP contribution is -2.40.